The highest BCUT2D eigenvalue weighted by Crippen LogP contribution is 2.60. The molecular weight excluding hydrogens is 428 g/mol. The number of fused-ring (bicyclic) bond motifs is 1. The lowest BCUT2D eigenvalue weighted by atomic mass is 9.49. The minimum absolute atomic E-state index is 0.0128. The van der Waals surface area contributed by atoms with Crippen molar-refractivity contribution in [1.82, 2.24) is 0 Å². The molecule has 4 bridgehead atoms. The first-order chi connectivity index (χ1) is 16.6. The van der Waals surface area contributed by atoms with Crippen LogP contribution in [0.1, 0.15) is 44.9 Å². The predicted octanol–water partition coefficient (Wildman–Crippen LogP) is 5.04. The largest absolute Gasteiger partial charge is 0.494 e. The van der Waals surface area contributed by atoms with Crippen LogP contribution in [0, 0.1) is 23.2 Å². The molecule has 1 heterocycles. The Kier molecular flexibility index (Phi) is 5.47. The summed E-state index contributed by atoms with van der Waals surface area (Å²) in [5.41, 5.74) is 1.32. The summed E-state index contributed by atoms with van der Waals surface area (Å²) in [6.45, 7) is 1.10. The monoisotopic (exact) mass is 460 g/mol. The highest BCUT2D eigenvalue weighted by atomic mass is 16.5. The van der Waals surface area contributed by atoms with Crippen LogP contribution < -0.4 is 19.7 Å². The molecule has 0 spiro atoms. The second-order valence-corrected chi connectivity index (χ2v) is 10.7. The predicted molar refractivity (Wildman–Crippen MR) is 130 cm³/mol. The molecule has 0 aromatic heterocycles. The maximum absolute atomic E-state index is 13.4. The number of anilines is 2. The normalized spacial score (nSPS) is 28.9. The fourth-order valence-electron chi connectivity index (χ4n) is 7.11. The summed E-state index contributed by atoms with van der Waals surface area (Å²) in [6.07, 6.45) is 7.79. The minimum Gasteiger partial charge on any atom is -0.494 e. The van der Waals surface area contributed by atoms with Gasteiger partial charge in [0.25, 0.3) is 5.91 Å². The van der Waals surface area contributed by atoms with Crippen LogP contribution in [0.2, 0.25) is 0 Å². The van der Waals surface area contributed by atoms with Crippen molar-refractivity contribution in [2.24, 2.45) is 23.2 Å². The number of hydrogen-bond donors (Lipinski definition) is 1. The summed E-state index contributed by atoms with van der Waals surface area (Å²) in [7, 11) is 0. The first-order valence-corrected chi connectivity index (χ1v) is 12.6. The van der Waals surface area contributed by atoms with Gasteiger partial charge in [0.15, 0.2) is 6.61 Å². The maximum atomic E-state index is 13.4. The molecule has 34 heavy (non-hydrogen) atoms. The van der Waals surface area contributed by atoms with Crippen LogP contribution in [-0.4, -0.2) is 31.6 Å². The Hall–Kier alpha value is -3.02. The Morgan fingerprint density at radius 1 is 1.03 bits per heavy atom. The van der Waals surface area contributed by atoms with E-state index in [4.69, 9.17) is 9.47 Å². The second-order valence-electron chi connectivity index (χ2n) is 10.7. The summed E-state index contributed by atoms with van der Waals surface area (Å²) >= 11 is 0. The summed E-state index contributed by atoms with van der Waals surface area (Å²) in [5, 5.41) is 3.20. The van der Waals surface area contributed by atoms with E-state index >= 15 is 0 Å². The molecular formula is C28H32N2O4. The van der Waals surface area contributed by atoms with E-state index in [1.165, 1.54) is 19.3 Å². The van der Waals surface area contributed by atoms with E-state index in [2.05, 4.69) is 5.32 Å². The van der Waals surface area contributed by atoms with Gasteiger partial charge in [-0.2, -0.15) is 0 Å². The molecule has 2 aromatic carbocycles. The first-order valence-electron chi connectivity index (χ1n) is 12.6. The number of hydrogen-bond acceptors (Lipinski definition) is 4. The summed E-state index contributed by atoms with van der Waals surface area (Å²) < 4.78 is 11.5. The average Bonchev–Trinajstić information content (AvgIpc) is 2.83. The Morgan fingerprint density at radius 2 is 1.74 bits per heavy atom. The molecule has 5 aliphatic rings. The van der Waals surface area contributed by atoms with Gasteiger partial charge in [-0.15, -0.1) is 0 Å². The Balaban J connectivity index is 1.11. The summed E-state index contributed by atoms with van der Waals surface area (Å²) in [5.74, 6) is 3.78. The molecule has 1 N–H and O–H groups in total. The van der Waals surface area contributed by atoms with Gasteiger partial charge in [-0.1, -0.05) is 18.2 Å². The van der Waals surface area contributed by atoms with Crippen molar-refractivity contribution in [2.45, 2.75) is 44.9 Å². The van der Waals surface area contributed by atoms with Crippen molar-refractivity contribution < 1.29 is 19.1 Å². The fraction of sp³-hybridized carbons (Fsp3) is 0.500. The zero-order chi connectivity index (χ0) is 23.1. The van der Waals surface area contributed by atoms with Crippen LogP contribution in [0.3, 0.4) is 0 Å². The fourth-order valence-corrected chi connectivity index (χ4v) is 7.11. The molecule has 2 aromatic rings. The molecule has 4 fully saturated rings. The van der Waals surface area contributed by atoms with Gasteiger partial charge in [-0.05, 0) is 87.0 Å². The molecule has 0 unspecified atom stereocenters. The highest BCUT2D eigenvalue weighted by molar-refractivity contribution is 6.00. The van der Waals surface area contributed by atoms with Crippen LogP contribution in [0.4, 0.5) is 11.4 Å². The number of rotatable bonds is 7. The number of ether oxygens (including phenoxy) is 2. The van der Waals surface area contributed by atoms with E-state index in [1.54, 1.807) is 4.90 Å². The van der Waals surface area contributed by atoms with Gasteiger partial charge >= 0.3 is 0 Å². The lowest BCUT2D eigenvalue weighted by Crippen LogP contribution is -2.51. The minimum atomic E-state index is -0.188. The SMILES string of the molecule is O=C1COc2cc(NC(=O)C34CC5CC(CC(C5)C3)C4)ccc2N1CCCOc1ccccc1. The number of carbonyl (C=O) groups excluding carboxylic acids is 2. The maximum Gasteiger partial charge on any atom is 0.265 e. The van der Waals surface area contributed by atoms with Crippen molar-refractivity contribution in [1.29, 1.82) is 0 Å². The molecule has 1 aliphatic heterocycles. The van der Waals surface area contributed by atoms with Crippen molar-refractivity contribution in [3.05, 3.63) is 48.5 Å². The number of carbonyl (C=O) groups is 2. The van der Waals surface area contributed by atoms with Crippen molar-refractivity contribution in [3.63, 3.8) is 0 Å². The van der Waals surface area contributed by atoms with Crippen LogP contribution >= 0.6 is 0 Å². The van der Waals surface area contributed by atoms with Gasteiger partial charge in [0.05, 0.1) is 17.7 Å². The molecule has 6 nitrogen and oxygen atoms in total. The number of nitrogens with one attached hydrogen (secondary N) is 1. The van der Waals surface area contributed by atoms with E-state index in [-0.39, 0.29) is 23.8 Å². The van der Waals surface area contributed by atoms with E-state index in [0.717, 1.165) is 54.1 Å². The lowest BCUT2D eigenvalue weighted by Gasteiger charge is -2.55. The summed E-state index contributed by atoms with van der Waals surface area (Å²) in [6, 6.07) is 15.3. The van der Waals surface area contributed by atoms with Crippen LogP contribution in [-0.2, 0) is 9.59 Å². The molecule has 0 radical (unpaired) electrons. The molecule has 0 atom stereocenters. The molecule has 4 aliphatic carbocycles. The Labute approximate surface area is 200 Å². The lowest BCUT2D eigenvalue weighted by molar-refractivity contribution is -0.140. The molecule has 2 amide bonds. The Morgan fingerprint density at radius 3 is 2.44 bits per heavy atom. The van der Waals surface area contributed by atoms with Crippen LogP contribution in [0.25, 0.3) is 0 Å². The van der Waals surface area contributed by atoms with Gasteiger partial charge in [-0.25, -0.2) is 0 Å². The van der Waals surface area contributed by atoms with Crippen LogP contribution in [0.15, 0.2) is 48.5 Å². The third-order valence-electron chi connectivity index (χ3n) is 8.22. The van der Waals surface area contributed by atoms with Gasteiger partial charge < -0.3 is 19.7 Å². The number of benzene rings is 2. The second kappa shape index (κ2) is 8.64. The molecule has 7 rings (SSSR count). The average molecular weight is 461 g/mol. The quantitative estimate of drug-likeness (QED) is 0.588. The van der Waals surface area contributed by atoms with Crippen molar-refractivity contribution in [3.8, 4) is 11.5 Å². The molecule has 6 heteroatoms. The Bertz CT molecular complexity index is 1050. The smallest absolute Gasteiger partial charge is 0.265 e. The molecule has 178 valence electrons. The van der Waals surface area contributed by atoms with Crippen LogP contribution in [0.5, 0.6) is 11.5 Å². The third kappa shape index (κ3) is 4.04. The molecule has 4 saturated carbocycles. The van der Waals surface area contributed by atoms with E-state index in [1.807, 2.05) is 48.5 Å². The van der Waals surface area contributed by atoms with Gasteiger partial charge in [0.1, 0.15) is 11.5 Å². The topological polar surface area (TPSA) is 67.9 Å². The third-order valence-corrected chi connectivity index (χ3v) is 8.22. The zero-order valence-corrected chi connectivity index (χ0v) is 19.5. The van der Waals surface area contributed by atoms with Gasteiger partial charge in [0, 0.05) is 18.3 Å². The zero-order valence-electron chi connectivity index (χ0n) is 19.5. The number of nitrogens with zero attached hydrogens (tertiary/aromatic N) is 1. The van der Waals surface area contributed by atoms with Crippen molar-refractivity contribution in [2.75, 3.05) is 30.0 Å². The van der Waals surface area contributed by atoms with E-state index < -0.39 is 0 Å². The number of amides is 2. The first kappa shape index (κ1) is 21.5. The van der Waals surface area contributed by atoms with E-state index in [0.29, 0.717) is 25.3 Å². The molecule has 0 saturated heterocycles. The van der Waals surface area contributed by atoms with E-state index in [9.17, 15) is 9.59 Å². The highest BCUT2D eigenvalue weighted by Gasteiger charge is 2.54. The summed E-state index contributed by atoms with van der Waals surface area (Å²) in [4.78, 5) is 27.7. The van der Waals surface area contributed by atoms with Gasteiger partial charge in [-0.3, -0.25) is 9.59 Å². The van der Waals surface area contributed by atoms with Gasteiger partial charge in [0.2, 0.25) is 5.91 Å². The number of para-hydroxylation sites is 1. The van der Waals surface area contributed by atoms with Crippen molar-refractivity contribution >= 4 is 23.2 Å². The standard InChI is InChI=1S/C28H32N2O4/c31-26-18-34-25-14-22(29-27(32)28-15-19-11-20(16-28)13-21(12-19)17-28)7-8-24(25)30(26)9-4-10-33-23-5-2-1-3-6-23/h1-3,5-8,14,19-21H,4,9-13,15-18H2,(H,29,32).